The average molecular weight is 495 g/mol. The van der Waals surface area contributed by atoms with Crippen LogP contribution in [0.4, 0.5) is 0 Å². The number of esters is 1. The van der Waals surface area contributed by atoms with Crippen molar-refractivity contribution in [1.29, 1.82) is 0 Å². The van der Waals surface area contributed by atoms with Crippen LogP contribution in [-0.4, -0.2) is 42.2 Å². The van der Waals surface area contributed by atoms with Crippen molar-refractivity contribution in [3.8, 4) is 0 Å². The predicted octanol–water partition coefficient (Wildman–Crippen LogP) is 1.97. The highest BCUT2D eigenvalue weighted by Crippen LogP contribution is 2.43. The van der Waals surface area contributed by atoms with Crippen LogP contribution < -0.4 is 24.0 Å². The molecule has 3 unspecified atom stereocenters. The van der Waals surface area contributed by atoms with Crippen LogP contribution in [0.3, 0.4) is 0 Å². The lowest BCUT2D eigenvalue weighted by atomic mass is 9.83. The van der Waals surface area contributed by atoms with E-state index in [-0.39, 0.29) is 42.0 Å². The van der Waals surface area contributed by atoms with Crippen LogP contribution in [-0.2, 0) is 9.53 Å². The number of halogens is 1. The highest BCUT2D eigenvalue weighted by Gasteiger charge is 2.52. The Morgan fingerprint density at radius 2 is 1.79 bits per heavy atom. The molecule has 4 rings (SSSR count). The van der Waals surface area contributed by atoms with Crippen molar-refractivity contribution in [2.24, 2.45) is 5.92 Å². The zero-order valence-electron chi connectivity index (χ0n) is 17.3. The summed E-state index contributed by atoms with van der Waals surface area (Å²) in [7, 11) is 2.43. The molecular formula is C24H34INO2. The number of ether oxygens (including phenoxy) is 1. The van der Waals surface area contributed by atoms with Gasteiger partial charge in [0.05, 0.1) is 31.6 Å². The lowest BCUT2D eigenvalue weighted by molar-refractivity contribution is -0.949. The number of hydrogen-bond donors (Lipinski definition) is 0. The molecule has 0 spiro atoms. The highest BCUT2D eigenvalue weighted by molar-refractivity contribution is 5.89. The Bertz CT molecular complexity index is 688. The minimum absolute atomic E-state index is 0. The number of allylic oxidation sites excluding steroid dienone is 1. The van der Waals surface area contributed by atoms with Crippen LogP contribution in [0.15, 0.2) is 36.4 Å². The van der Waals surface area contributed by atoms with E-state index in [4.69, 9.17) is 4.74 Å². The van der Waals surface area contributed by atoms with Gasteiger partial charge >= 0.3 is 5.97 Å². The molecule has 2 aliphatic heterocycles. The van der Waals surface area contributed by atoms with Crippen molar-refractivity contribution >= 4 is 11.5 Å². The molecule has 3 aliphatic rings. The number of hydrogen-bond acceptors (Lipinski definition) is 2. The summed E-state index contributed by atoms with van der Waals surface area (Å²) in [5.41, 5.74) is 2.35. The zero-order chi connectivity index (χ0) is 18.9. The summed E-state index contributed by atoms with van der Waals surface area (Å²) in [6.07, 6.45) is 11.4. The molecular weight excluding hydrogens is 461 g/mol. The molecule has 0 aromatic heterocycles. The van der Waals surface area contributed by atoms with Crippen molar-refractivity contribution in [2.45, 2.75) is 76.5 Å². The predicted molar refractivity (Wildman–Crippen MR) is 109 cm³/mol. The molecule has 1 aliphatic carbocycles. The maximum atomic E-state index is 13.1. The van der Waals surface area contributed by atoms with E-state index in [0.717, 1.165) is 32.1 Å². The summed E-state index contributed by atoms with van der Waals surface area (Å²) in [6.45, 7) is 3.55. The Labute approximate surface area is 187 Å². The smallest absolute Gasteiger partial charge is 0.313 e. The van der Waals surface area contributed by atoms with Crippen LogP contribution in [0.25, 0.3) is 5.57 Å². The molecule has 3 nitrogen and oxygen atoms in total. The number of carbonyl (C=O) groups excluding carboxylic acids is 1. The fourth-order valence-electron chi connectivity index (χ4n) is 5.95. The lowest BCUT2D eigenvalue weighted by Crippen LogP contribution is -3.00. The molecule has 0 radical (unpaired) electrons. The van der Waals surface area contributed by atoms with Crippen LogP contribution in [0.1, 0.15) is 63.9 Å². The van der Waals surface area contributed by atoms with E-state index in [2.05, 4.69) is 44.3 Å². The van der Waals surface area contributed by atoms with Gasteiger partial charge in [-0.05, 0) is 36.8 Å². The number of quaternary nitrogens is 1. The first kappa shape index (κ1) is 21.8. The van der Waals surface area contributed by atoms with Crippen molar-refractivity contribution in [3.63, 3.8) is 0 Å². The van der Waals surface area contributed by atoms with Crippen molar-refractivity contribution in [2.75, 3.05) is 13.6 Å². The topological polar surface area (TPSA) is 26.3 Å². The molecule has 0 saturated carbocycles. The minimum Gasteiger partial charge on any atom is -1.00 e. The van der Waals surface area contributed by atoms with Gasteiger partial charge in [0.25, 0.3) is 0 Å². The van der Waals surface area contributed by atoms with Gasteiger partial charge in [-0.1, -0.05) is 43.3 Å². The third kappa shape index (κ3) is 4.18. The summed E-state index contributed by atoms with van der Waals surface area (Å²) >= 11 is 0. The normalized spacial score (nSPS) is 34.3. The molecule has 3 atom stereocenters. The second kappa shape index (κ2) is 9.29. The van der Waals surface area contributed by atoms with E-state index in [1.54, 1.807) is 0 Å². The minimum atomic E-state index is -0.0859. The van der Waals surface area contributed by atoms with E-state index in [9.17, 15) is 4.79 Å². The molecule has 2 heterocycles. The lowest BCUT2D eigenvalue weighted by Gasteiger charge is -2.47. The number of carbonyl (C=O) groups is 1. The van der Waals surface area contributed by atoms with E-state index in [1.165, 1.54) is 41.4 Å². The number of piperidine rings is 1. The van der Waals surface area contributed by atoms with Crippen molar-refractivity contribution in [1.82, 2.24) is 0 Å². The van der Waals surface area contributed by atoms with E-state index in [0.29, 0.717) is 12.1 Å². The number of benzene rings is 1. The second-order valence-corrected chi connectivity index (χ2v) is 8.99. The third-order valence-corrected chi connectivity index (χ3v) is 7.39. The van der Waals surface area contributed by atoms with Crippen molar-refractivity contribution in [3.05, 3.63) is 42.0 Å². The summed E-state index contributed by atoms with van der Waals surface area (Å²) in [5, 5.41) is 0. The van der Waals surface area contributed by atoms with Crippen LogP contribution in [0.2, 0.25) is 0 Å². The monoisotopic (exact) mass is 495 g/mol. The molecule has 2 fully saturated rings. The standard InChI is InChI=1S/C24H34NO2.HI/c1-3-15-25(2)19-13-14-20(25)17-21(16-19)27-24(26)23-12-8-7-11-22(23)18-9-5-4-6-10-18;/h4-6,9-11,19-21,23H,3,7-8,12-17H2,1-2H3;1H/q+1;/p-1. The maximum Gasteiger partial charge on any atom is 0.313 e. The van der Waals surface area contributed by atoms with Gasteiger partial charge in [0.1, 0.15) is 6.10 Å². The maximum absolute atomic E-state index is 13.1. The molecule has 0 N–H and O–H groups in total. The van der Waals surface area contributed by atoms with Gasteiger partial charge in [0.15, 0.2) is 0 Å². The first-order valence-corrected chi connectivity index (χ1v) is 10.9. The van der Waals surface area contributed by atoms with Crippen LogP contribution in [0, 0.1) is 5.92 Å². The molecule has 1 aromatic rings. The average Bonchev–Trinajstić information content (AvgIpc) is 2.86. The van der Waals surface area contributed by atoms with Gasteiger partial charge in [0.2, 0.25) is 0 Å². The Hall–Kier alpha value is -0.880. The van der Waals surface area contributed by atoms with Gasteiger partial charge in [-0.2, -0.15) is 0 Å². The third-order valence-electron chi connectivity index (χ3n) is 7.39. The SMILES string of the molecule is CCC[N+]1(C)C2CCC1CC(OC(=O)C1CCCC=C1c1ccccc1)C2.[I-]. The van der Waals surface area contributed by atoms with Gasteiger partial charge in [-0.25, -0.2) is 0 Å². The molecule has 154 valence electrons. The molecule has 28 heavy (non-hydrogen) atoms. The fraction of sp³-hybridized carbons (Fsp3) is 0.625. The van der Waals surface area contributed by atoms with Gasteiger partial charge < -0.3 is 33.2 Å². The largest absolute Gasteiger partial charge is 1.00 e. The van der Waals surface area contributed by atoms with Crippen LogP contribution in [0.5, 0.6) is 0 Å². The van der Waals surface area contributed by atoms with Gasteiger partial charge in [-0.15, -0.1) is 0 Å². The number of rotatable bonds is 5. The van der Waals surface area contributed by atoms with Gasteiger partial charge in [0, 0.05) is 25.7 Å². The van der Waals surface area contributed by atoms with E-state index in [1.807, 2.05) is 6.07 Å². The Balaban J connectivity index is 0.00000225. The summed E-state index contributed by atoms with van der Waals surface area (Å²) < 4.78 is 7.36. The first-order chi connectivity index (χ1) is 13.1. The Morgan fingerprint density at radius 3 is 2.43 bits per heavy atom. The van der Waals surface area contributed by atoms with Crippen LogP contribution >= 0.6 is 0 Å². The molecule has 4 heteroatoms. The molecule has 1 aromatic carbocycles. The summed E-state index contributed by atoms with van der Waals surface area (Å²) in [6, 6.07) is 11.7. The molecule has 2 bridgehead atoms. The number of fused-ring (bicyclic) bond motifs is 2. The highest BCUT2D eigenvalue weighted by atomic mass is 127. The number of nitrogens with zero attached hydrogens (tertiary/aromatic N) is 1. The first-order valence-electron chi connectivity index (χ1n) is 10.9. The quantitative estimate of drug-likeness (QED) is 0.355. The zero-order valence-corrected chi connectivity index (χ0v) is 19.4. The van der Waals surface area contributed by atoms with Gasteiger partial charge in [-0.3, -0.25) is 4.79 Å². The summed E-state index contributed by atoms with van der Waals surface area (Å²) in [4.78, 5) is 13.1. The summed E-state index contributed by atoms with van der Waals surface area (Å²) in [5.74, 6) is -0.0713. The Kier molecular flexibility index (Phi) is 7.24. The van der Waals surface area contributed by atoms with Crippen molar-refractivity contribution < 1.29 is 38.0 Å². The Morgan fingerprint density at radius 1 is 1.11 bits per heavy atom. The fourth-order valence-corrected chi connectivity index (χ4v) is 5.95. The molecule has 0 amide bonds. The van der Waals surface area contributed by atoms with E-state index < -0.39 is 0 Å². The van der Waals surface area contributed by atoms with E-state index >= 15 is 0 Å². The molecule has 2 saturated heterocycles. The second-order valence-electron chi connectivity index (χ2n) is 8.99.